The van der Waals surface area contributed by atoms with Crippen LogP contribution in [0, 0.1) is 0 Å². The van der Waals surface area contributed by atoms with E-state index < -0.39 is 0 Å². The highest BCUT2D eigenvalue weighted by atomic mass is 35.5. The molecule has 1 aliphatic rings. The molecule has 0 atom stereocenters. The quantitative estimate of drug-likeness (QED) is 0.782. The third kappa shape index (κ3) is 2.38. The Balaban J connectivity index is 2.06. The Morgan fingerprint density at radius 3 is 2.95 bits per heavy atom. The number of carbonyl (C=O) groups is 1. The van der Waals surface area contributed by atoms with Crippen LogP contribution in [0.5, 0.6) is 0 Å². The van der Waals surface area contributed by atoms with Crippen molar-refractivity contribution in [3.8, 4) is 0 Å². The fourth-order valence-corrected chi connectivity index (χ4v) is 3.48. The zero-order valence-electron chi connectivity index (χ0n) is 10.3. The Morgan fingerprint density at radius 1 is 1.32 bits per heavy atom. The molecule has 19 heavy (non-hydrogen) atoms. The van der Waals surface area contributed by atoms with E-state index in [2.05, 4.69) is 28.1 Å². The van der Waals surface area contributed by atoms with E-state index in [-0.39, 0.29) is 0 Å². The summed E-state index contributed by atoms with van der Waals surface area (Å²) in [5.74, 6) is 0. The molecule has 0 fully saturated rings. The summed E-state index contributed by atoms with van der Waals surface area (Å²) in [4.78, 5) is 17.9. The minimum Gasteiger partial charge on any atom is -0.317 e. The van der Waals surface area contributed by atoms with Gasteiger partial charge in [0, 0.05) is 12.2 Å². The van der Waals surface area contributed by atoms with Crippen LogP contribution in [-0.2, 0) is 6.42 Å². The molecule has 5 heteroatoms. The summed E-state index contributed by atoms with van der Waals surface area (Å²) in [6.45, 7) is 0.916. The van der Waals surface area contributed by atoms with Gasteiger partial charge < -0.3 is 4.90 Å². The highest BCUT2D eigenvalue weighted by molar-refractivity contribution is 7.17. The molecule has 0 amide bonds. The molecule has 0 saturated carbocycles. The molecule has 0 aliphatic carbocycles. The Bertz CT molecular complexity index is 611. The first-order chi connectivity index (χ1) is 9.29. The standard InChI is InChI=1S/C14H13ClN2OS/c15-13-12(9-18)19-14(16-13)17-8-4-3-6-10-5-1-2-7-11(10)17/h1-2,5,7,9H,3-4,6,8H2. The molecule has 0 unspecified atom stereocenters. The van der Waals surface area contributed by atoms with E-state index in [0.717, 1.165) is 30.8 Å². The summed E-state index contributed by atoms with van der Waals surface area (Å²) in [5, 5.41) is 1.11. The zero-order valence-corrected chi connectivity index (χ0v) is 11.9. The maximum Gasteiger partial charge on any atom is 0.191 e. The lowest BCUT2D eigenvalue weighted by Gasteiger charge is -2.21. The van der Waals surface area contributed by atoms with Gasteiger partial charge in [0.1, 0.15) is 4.88 Å². The molecule has 0 saturated heterocycles. The molecule has 0 radical (unpaired) electrons. The van der Waals surface area contributed by atoms with Gasteiger partial charge in [-0.15, -0.1) is 0 Å². The Labute approximate surface area is 120 Å². The van der Waals surface area contributed by atoms with Crippen molar-refractivity contribution < 1.29 is 4.79 Å². The Kier molecular flexibility index (Phi) is 3.53. The number of rotatable bonds is 2. The fourth-order valence-electron chi connectivity index (χ4n) is 2.38. The lowest BCUT2D eigenvalue weighted by molar-refractivity contribution is 0.112. The van der Waals surface area contributed by atoms with Gasteiger partial charge in [-0.25, -0.2) is 4.98 Å². The predicted molar refractivity (Wildman–Crippen MR) is 78.9 cm³/mol. The van der Waals surface area contributed by atoms with E-state index in [1.54, 1.807) is 0 Å². The van der Waals surface area contributed by atoms with Gasteiger partial charge >= 0.3 is 0 Å². The number of hydrogen-bond donors (Lipinski definition) is 0. The minimum atomic E-state index is 0.303. The third-order valence-electron chi connectivity index (χ3n) is 3.30. The van der Waals surface area contributed by atoms with E-state index in [9.17, 15) is 4.79 Å². The molecular weight excluding hydrogens is 280 g/mol. The number of fused-ring (bicyclic) bond motifs is 1. The summed E-state index contributed by atoms with van der Waals surface area (Å²) >= 11 is 7.33. The fraction of sp³-hybridized carbons (Fsp3) is 0.286. The van der Waals surface area contributed by atoms with Crippen LogP contribution in [0.4, 0.5) is 10.8 Å². The number of para-hydroxylation sites is 1. The molecule has 2 heterocycles. The first-order valence-electron chi connectivity index (χ1n) is 6.26. The average molecular weight is 293 g/mol. The van der Waals surface area contributed by atoms with Crippen LogP contribution in [0.1, 0.15) is 28.1 Å². The van der Waals surface area contributed by atoms with Gasteiger partial charge in [-0.3, -0.25) is 4.79 Å². The largest absolute Gasteiger partial charge is 0.317 e. The number of aryl methyl sites for hydroxylation is 1. The monoisotopic (exact) mass is 292 g/mol. The highest BCUT2D eigenvalue weighted by Gasteiger charge is 2.20. The first kappa shape index (κ1) is 12.6. The summed E-state index contributed by atoms with van der Waals surface area (Å²) in [7, 11) is 0. The van der Waals surface area contributed by atoms with Crippen LogP contribution in [0.2, 0.25) is 5.15 Å². The van der Waals surface area contributed by atoms with Gasteiger partial charge in [-0.05, 0) is 30.9 Å². The summed E-state index contributed by atoms with van der Waals surface area (Å²) in [6, 6.07) is 8.36. The first-order valence-corrected chi connectivity index (χ1v) is 7.46. The van der Waals surface area contributed by atoms with E-state index in [4.69, 9.17) is 11.6 Å². The minimum absolute atomic E-state index is 0.303. The van der Waals surface area contributed by atoms with Crippen molar-refractivity contribution in [1.82, 2.24) is 4.98 Å². The number of thiazole rings is 1. The van der Waals surface area contributed by atoms with Gasteiger partial charge in [-0.1, -0.05) is 41.1 Å². The van der Waals surface area contributed by atoms with Crippen LogP contribution < -0.4 is 4.90 Å². The molecule has 0 bridgehead atoms. The molecule has 1 aromatic heterocycles. The summed E-state index contributed by atoms with van der Waals surface area (Å²) in [6.07, 6.45) is 4.15. The van der Waals surface area contributed by atoms with Crippen molar-refractivity contribution in [3.05, 3.63) is 39.9 Å². The second-order valence-electron chi connectivity index (χ2n) is 4.51. The van der Waals surface area contributed by atoms with E-state index >= 15 is 0 Å². The molecule has 98 valence electrons. The number of nitrogens with zero attached hydrogens (tertiary/aromatic N) is 2. The summed E-state index contributed by atoms with van der Waals surface area (Å²) < 4.78 is 0. The van der Waals surface area contributed by atoms with Crippen molar-refractivity contribution in [2.45, 2.75) is 19.3 Å². The van der Waals surface area contributed by atoms with Crippen LogP contribution in [0.3, 0.4) is 0 Å². The molecule has 3 rings (SSSR count). The smallest absolute Gasteiger partial charge is 0.191 e. The normalized spacial score (nSPS) is 14.9. The topological polar surface area (TPSA) is 33.2 Å². The number of carbonyl (C=O) groups excluding carboxylic acids is 1. The number of aromatic nitrogens is 1. The Morgan fingerprint density at radius 2 is 2.16 bits per heavy atom. The van der Waals surface area contributed by atoms with Crippen molar-refractivity contribution >= 4 is 40.0 Å². The Hall–Kier alpha value is -1.39. The van der Waals surface area contributed by atoms with E-state index in [1.165, 1.54) is 29.0 Å². The lowest BCUT2D eigenvalue weighted by atomic mass is 10.1. The molecule has 0 N–H and O–H groups in total. The van der Waals surface area contributed by atoms with Gasteiger partial charge in [0.25, 0.3) is 0 Å². The SMILES string of the molecule is O=Cc1sc(N2CCCCc3ccccc32)nc1Cl. The third-order valence-corrected chi connectivity index (χ3v) is 4.70. The second kappa shape index (κ2) is 5.31. The molecule has 1 aromatic carbocycles. The highest BCUT2D eigenvalue weighted by Crippen LogP contribution is 2.36. The van der Waals surface area contributed by atoms with Crippen LogP contribution in [-0.4, -0.2) is 17.8 Å². The molecule has 1 aliphatic heterocycles. The summed E-state index contributed by atoms with van der Waals surface area (Å²) in [5.41, 5.74) is 2.52. The lowest BCUT2D eigenvalue weighted by Crippen LogP contribution is -2.17. The molecule has 2 aromatic rings. The number of hydrogen-bond acceptors (Lipinski definition) is 4. The van der Waals surface area contributed by atoms with Crippen molar-refractivity contribution in [2.75, 3.05) is 11.4 Å². The van der Waals surface area contributed by atoms with E-state index in [0.29, 0.717) is 10.0 Å². The second-order valence-corrected chi connectivity index (χ2v) is 5.87. The molecule has 0 spiro atoms. The van der Waals surface area contributed by atoms with Gasteiger partial charge in [0.05, 0.1) is 0 Å². The van der Waals surface area contributed by atoms with Gasteiger partial charge in [-0.2, -0.15) is 0 Å². The average Bonchev–Trinajstić information content (AvgIpc) is 2.68. The predicted octanol–water partition coefficient (Wildman–Crippen LogP) is 4.08. The van der Waals surface area contributed by atoms with Gasteiger partial charge in [0.2, 0.25) is 0 Å². The van der Waals surface area contributed by atoms with E-state index in [1.807, 2.05) is 6.07 Å². The molecule has 3 nitrogen and oxygen atoms in total. The maximum absolute atomic E-state index is 10.9. The van der Waals surface area contributed by atoms with Crippen LogP contribution in [0.15, 0.2) is 24.3 Å². The van der Waals surface area contributed by atoms with Crippen molar-refractivity contribution in [3.63, 3.8) is 0 Å². The number of halogens is 1. The van der Waals surface area contributed by atoms with Gasteiger partial charge in [0.15, 0.2) is 16.6 Å². The number of aldehydes is 1. The maximum atomic E-state index is 10.9. The number of benzene rings is 1. The van der Waals surface area contributed by atoms with Crippen molar-refractivity contribution in [1.29, 1.82) is 0 Å². The molecular formula is C14H13ClN2OS. The van der Waals surface area contributed by atoms with Crippen molar-refractivity contribution in [2.24, 2.45) is 0 Å². The zero-order chi connectivity index (χ0) is 13.2. The number of anilines is 2. The van der Waals surface area contributed by atoms with Crippen LogP contribution in [0.25, 0.3) is 0 Å². The van der Waals surface area contributed by atoms with Crippen LogP contribution >= 0.6 is 22.9 Å².